The van der Waals surface area contributed by atoms with Gasteiger partial charge in [-0.05, 0) is 19.8 Å². The van der Waals surface area contributed by atoms with Crippen molar-refractivity contribution in [2.45, 2.75) is 40.5 Å². The van der Waals surface area contributed by atoms with E-state index < -0.39 is 6.09 Å². The van der Waals surface area contributed by atoms with Gasteiger partial charge in [-0.25, -0.2) is 4.79 Å². The van der Waals surface area contributed by atoms with E-state index >= 15 is 0 Å². The predicted octanol–water partition coefficient (Wildman–Crippen LogP) is 2.09. The highest BCUT2D eigenvalue weighted by molar-refractivity contribution is 5.81. The minimum atomic E-state index is -0.651. The third-order valence-corrected chi connectivity index (χ3v) is 2.43. The molecular formula is C12H22N2O4. The van der Waals surface area contributed by atoms with Crippen molar-refractivity contribution in [1.82, 2.24) is 5.32 Å². The lowest BCUT2D eigenvalue weighted by atomic mass is 10.1. The van der Waals surface area contributed by atoms with E-state index in [1.165, 1.54) is 0 Å². The molecule has 0 fully saturated rings. The number of esters is 1. The molecule has 1 amide bonds. The number of ether oxygens (including phenoxy) is 1. The second-order valence-electron chi connectivity index (χ2n) is 3.96. The molecule has 0 aromatic carbocycles. The summed E-state index contributed by atoms with van der Waals surface area (Å²) >= 11 is 0. The fraction of sp³-hybridized carbons (Fsp3) is 0.750. The summed E-state index contributed by atoms with van der Waals surface area (Å²) in [5.41, 5.74) is 0.730. The van der Waals surface area contributed by atoms with Crippen LogP contribution in [-0.2, 0) is 14.4 Å². The summed E-state index contributed by atoms with van der Waals surface area (Å²) in [5, 5.41) is 6.02. The van der Waals surface area contributed by atoms with Gasteiger partial charge in [0.05, 0.1) is 18.2 Å². The Kier molecular flexibility index (Phi) is 8.61. The zero-order chi connectivity index (χ0) is 14.0. The van der Waals surface area contributed by atoms with Crippen LogP contribution in [0.5, 0.6) is 0 Å². The number of oxime groups is 1. The van der Waals surface area contributed by atoms with Gasteiger partial charge >= 0.3 is 12.1 Å². The molecule has 0 heterocycles. The highest BCUT2D eigenvalue weighted by Crippen LogP contribution is 2.02. The minimum absolute atomic E-state index is 0.117. The van der Waals surface area contributed by atoms with E-state index in [4.69, 9.17) is 4.74 Å². The van der Waals surface area contributed by atoms with Gasteiger partial charge in [0.2, 0.25) is 0 Å². The lowest BCUT2D eigenvalue weighted by Crippen LogP contribution is -2.28. The summed E-state index contributed by atoms with van der Waals surface area (Å²) in [6, 6.07) is 0. The van der Waals surface area contributed by atoms with Crippen LogP contribution in [0.4, 0.5) is 4.79 Å². The van der Waals surface area contributed by atoms with Gasteiger partial charge in [0.25, 0.3) is 0 Å². The fourth-order valence-electron chi connectivity index (χ4n) is 0.830. The molecule has 1 atom stereocenters. The maximum Gasteiger partial charge on any atom is 0.433 e. The van der Waals surface area contributed by atoms with E-state index in [0.717, 1.165) is 18.6 Å². The monoisotopic (exact) mass is 258 g/mol. The van der Waals surface area contributed by atoms with E-state index in [1.807, 2.05) is 13.8 Å². The summed E-state index contributed by atoms with van der Waals surface area (Å²) in [5.74, 6) is -0.374. The molecule has 0 saturated carbocycles. The zero-order valence-corrected chi connectivity index (χ0v) is 11.5. The van der Waals surface area contributed by atoms with Crippen molar-refractivity contribution in [2.24, 2.45) is 11.1 Å². The van der Waals surface area contributed by atoms with Crippen LogP contribution in [0.3, 0.4) is 0 Å². The van der Waals surface area contributed by atoms with Crippen molar-refractivity contribution in [1.29, 1.82) is 0 Å². The van der Waals surface area contributed by atoms with Gasteiger partial charge in [-0.15, -0.1) is 0 Å². The van der Waals surface area contributed by atoms with Crippen LogP contribution in [0.25, 0.3) is 0 Å². The molecule has 0 radical (unpaired) electrons. The summed E-state index contributed by atoms with van der Waals surface area (Å²) in [4.78, 5) is 27.0. The smallest absolute Gasteiger partial charge is 0.433 e. The van der Waals surface area contributed by atoms with Crippen molar-refractivity contribution >= 4 is 17.8 Å². The largest absolute Gasteiger partial charge is 0.464 e. The van der Waals surface area contributed by atoms with Crippen LogP contribution in [0.15, 0.2) is 5.16 Å². The molecule has 0 aromatic heterocycles. The first kappa shape index (κ1) is 16.4. The van der Waals surface area contributed by atoms with Gasteiger partial charge in [0.1, 0.15) is 6.61 Å². The number of carbonyl (C=O) groups excluding carboxylic acids is 2. The number of hydrogen-bond donors (Lipinski definition) is 1. The van der Waals surface area contributed by atoms with Crippen LogP contribution in [0, 0.1) is 5.92 Å². The molecule has 0 aliphatic rings. The molecule has 6 nitrogen and oxygen atoms in total. The van der Waals surface area contributed by atoms with E-state index in [2.05, 4.69) is 15.3 Å². The van der Waals surface area contributed by atoms with E-state index in [9.17, 15) is 9.59 Å². The summed E-state index contributed by atoms with van der Waals surface area (Å²) < 4.78 is 4.95. The lowest BCUT2D eigenvalue weighted by Gasteiger charge is -2.09. The number of rotatable bonds is 7. The minimum Gasteiger partial charge on any atom is -0.464 e. The molecule has 0 aromatic rings. The van der Waals surface area contributed by atoms with Gasteiger partial charge in [-0.1, -0.05) is 25.9 Å². The first-order valence-corrected chi connectivity index (χ1v) is 6.16. The molecule has 0 saturated heterocycles. The maximum atomic E-state index is 11.3. The molecule has 0 rings (SSSR count). The quantitative estimate of drug-likeness (QED) is 0.249. The normalized spacial score (nSPS) is 12.8. The second-order valence-corrected chi connectivity index (χ2v) is 3.96. The SMILES string of the molecule is CCC(C)=NOC(=O)NCCOC(=O)C(C)CC. The van der Waals surface area contributed by atoms with E-state index in [1.54, 1.807) is 13.8 Å². The Morgan fingerprint density at radius 1 is 1.33 bits per heavy atom. The number of amides is 1. The number of nitrogens with one attached hydrogen (secondary N) is 1. The standard InChI is InChI=1S/C12H22N2O4/c1-5-9(3)11(15)17-8-7-13-12(16)18-14-10(4)6-2/h9H,5-8H2,1-4H3,(H,13,16). The summed E-state index contributed by atoms with van der Waals surface area (Å²) in [6.45, 7) is 7.73. The van der Waals surface area contributed by atoms with Crippen molar-refractivity contribution in [3.63, 3.8) is 0 Å². The van der Waals surface area contributed by atoms with E-state index in [-0.39, 0.29) is 25.0 Å². The van der Waals surface area contributed by atoms with Crippen LogP contribution in [-0.4, -0.2) is 30.9 Å². The average Bonchev–Trinajstić information content (AvgIpc) is 2.39. The maximum absolute atomic E-state index is 11.3. The summed E-state index contributed by atoms with van der Waals surface area (Å²) in [7, 11) is 0. The molecule has 0 aliphatic carbocycles. The highest BCUT2D eigenvalue weighted by Gasteiger charge is 2.11. The topological polar surface area (TPSA) is 77.0 Å². The number of carbonyl (C=O) groups is 2. The van der Waals surface area contributed by atoms with Crippen molar-refractivity contribution in [3.05, 3.63) is 0 Å². The average molecular weight is 258 g/mol. The molecule has 0 aliphatic heterocycles. The molecule has 18 heavy (non-hydrogen) atoms. The molecule has 104 valence electrons. The van der Waals surface area contributed by atoms with Crippen LogP contribution in [0.2, 0.25) is 0 Å². The Bertz CT molecular complexity index is 302. The van der Waals surface area contributed by atoms with Gasteiger partial charge in [-0.2, -0.15) is 0 Å². The molecule has 1 N–H and O–H groups in total. The van der Waals surface area contributed by atoms with Crippen LogP contribution < -0.4 is 5.32 Å². The Balaban J connectivity index is 3.67. The number of nitrogens with zero attached hydrogens (tertiary/aromatic N) is 1. The van der Waals surface area contributed by atoms with Crippen molar-refractivity contribution in [2.75, 3.05) is 13.2 Å². The molecular weight excluding hydrogens is 236 g/mol. The Labute approximate surface area is 108 Å². The van der Waals surface area contributed by atoms with Crippen molar-refractivity contribution < 1.29 is 19.2 Å². The third-order valence-electron chi connectivity index (χ3n) is 2.43. The third kappa shape index (κ3) is 7.65. The predicted molar refractivity (Wildman–Crippen MR) is 68.3 cm³/mol. The summed E-state index contributed by atoms with van der Waals surface area (Å²) in [6.07, 6.45) is 0.807. The second kappa shape index (κ2) is 9.44. The Morgan fingerprint density at radius 2 is 2.00 bits per heavy atom. The lowest BCUT2D eigenvalue weighted by molar-refractivity contribution is -0.147. The molecule has 0 bridgehead atoms. The highest BCUT2D eigenvalue weighted by atomic mass is 16.7. The van der Waals surface area contributed by atoms with Gasteiger partial charge in [-0.3, -0.25) is 9.63 Å². The fourth-order valence-corrected chi connectivity index (χ4v) is 0.830. The molecule has 1 unspecified atom stereocenters. The first-order chi connectivity index (χ1) is 8.51. The van der Waals surface area contributed by atoms with Crippen LogP contribution >= 0.6 is 0 Å². The van der Waals surface area contributed by atoms with Gasteiger partial charge in [0.15, 0.2) is 0 Å². The van der Waals surface area contributed by atoms with Gasteiger partial charge < -0.3 is 10.1 Å². The Morgan fingerprint density at radius 3 is 2.56 bits per heavy atom. The Hall–Kier alpha value is -1.59. The van der Waals surface area contributed by atoms with Crippen LogP contribution in [0.1, 0.15) is 40.5 Å². The number of hydrogen-bond acceptors (Lipinski definition) is 5. The van der Waals surface area contributed by atoms with Gasteiger partial charge in [0, 0.05) is 0 Å². The molecule has 0 spiro atoms. The zero-order valence-electron chi connectivity index (χ0n) is 11.5. The van der Waals surface area contributed by atoms with E-state index in [0.29, 0.717) is 0 Å². The van der Waals surface area contributed by atoms with Crippen molar-refractivity contribution in [3.8, 4) is 0 Å². The molecule has 6 heteroatoms. The first-order valence-electron chi connectivity index (χ1n) is 6.16.